The molecule has 2 aliphatic rings. The number of hydrogen-bond donors (Lipinski definition) is 0. The zero-order chi connectivity index (χ0) is 16.9. The Balaban J connectivity index is 1.94. The lowest BCUT2D eigenvalue weighted by molar-refractivity contribution is -0.159. The van der Waals surface area contributed by atoms with Crippen LogP contribution >= 0.6 is 0 Å². The second-order valence-corrected chi connectivity index (χ2v) is 7.19. The Kier molecular flexibility index (Phi) is 3.38. The van der Waals surface area contributed by atoms with Crippen molar-refractivity contribution >= 4 is 22.3 Å². The smallest absolute Gasteiger partial charge is 0.309 e. The van der Waals surface area contributed by atoms with Gasteiger partial charge in [0.15, 0.2) is 5.60 Å². The average molecular weight is 318 g/mol. The lowest BCUT2D eigenvalue weighted by Crippen LogP contribution is -2.31. The summed E-state index contributed by atoms with van der Waals surface area (Å²) in [7, 11) is 0. The van der Waals surface area contributed by atoms with Gasteiger partial charge in [-0.1, -0.05) is 50.3 Å². The third kappa shape index (κ3) is 2.13. The highest BCUT2D eigenvalue weighted by Crippen LogP contribution is 2.52. The molecule has 0 N–H and O–H groups in total. The highest BCUT2D eigenvalue weighted by atomic mass is 16.6. The van der Waals surface area contributed by atoms with Gasteiger partial charge >= 0.3 is 5.97 Å². The minimum absolute atomic E-state index is 0.130. The summed E-state index contributed by atoms with van der Waals surface area (Å²) in [6, 6.07) is 12.8. The van der Waals surface area contributed by atoms with Gasteiger partial charge in [0.2, 0.25) is 0 Å². The van der Waals surface area contributed by atoms with Crippen LogP contribution in [-0.4, -0.2) is 5.97 Å². The molecule has 2 aromatic rings. The summed E-state index contributed by atoms with van der Waals surface area (Å²) in [5, 5.41) is 2.41. The molecule has 0 heterocycles. The summed E-state index contributed by atoms with van der Waals surface area (Å²) in [6.07, 6.45) is 6.36. The fourth-order valence-electron chi connectivity index (χ4n) is 3.87. The van der Waals surface area contributed by atoms with Crippen molar-refractivity contribution in [2.75, 3.05) is 0 Å². The van der Waals surface area contributed by atoms with Crippen molar-refractivity contribution in [3.8, 4) is 0 Å². The number of carbonyl (C=O) groups excluding carboxylic acids is 1. The minimum atomic E-state index is -0.652. The van der Waals surface area contributed by atoms with Crippen LogP contribution in [0.15, 0.2) is 54.1 Å². The third-order valence-corrected chi connectivity index (χ3v) is 5.21. The van der Waals surface area contributed by atoms with E-state index in [-0.39, 0.29) is 11.9 Å². The van der Waals surface area contributed by atoms with Crippen LogP contribution < -0.4 is 0 Å². The maximum atomic E-state index is 12.4. The van der Waals surface area contributed by atoms with E-state index in [4.69, 9.17) is 4.74 Å². The molecule has 0 spiro atoms. The molecule has 2 aliphatic carbocycles. The number of fused-ring (bicyclic) bond motifs is 3. The van der Waals surface area contributed by atoms with Crippen LogP contribution in [0, 0.1) is 5.92 Å². The van der Waals surface area contributed by atoms with Gasteiger partial charge in [0.05, 0.1) is 5.92 Å². The molecule has 4 rings (SSSR count). The molecule has 2 nitrogen and oxygen atoms in total. The van der Waals surface area contributed by atoms with E-state index in [0.29, 0.717) is 0 Å². The van der Waals surface area contributed by atoms with Gasteiger partial charge in [0, 0.05) is 5.56 Å². The Bertz CT molecular complexity index is 901. The maximum Gasteiger partial charge on any atom is 0.309 e. The number of benzene rings is 2. The summed E-state index contributed by atoms with van der Waals surface area (Å²) in [4.78, 5) is 12.4. The second kappa shape index (κ2) is 5.34. The molecule has 0 saturated carbocycles. The van der Waals surface area contributed by atoms with Crippen LogP contribution in [0.2, 0.25) is 0 Å². The molecule has 0 saturated heterocycles. The zero-order valence-electron chi connectivity index (χ0n) is 14.4. The molecule has 0 bridgehead atoms. The first-order valence-corrected chi connectivity index (χ1v) is 8.67. The van der Waals surface area contributed by atoms with E-state index in [0.717, 1.165) is 18.4 Å². The highest BCUT2D eigenvalue weighted by molar-refractivity contribution is 5.95. The van der Waals surface area contributed by atoms with Crippen molar-refractivity contribution in [1.29, 1.82) is 0 Å². The predicted octanol–water partition coefficient (Wildman–Crippen LogP) is 5.37. The predicted molar refractivity (Wildman–Crippen MR) is 97.5 cm³/mol. The first-order valence-electron chi connectivity index (χ1n) is 8.67. The van der Waals surface area contributed by atoms with Crippen LogP contribution in [0.25, 0.3) is 16.3 Å². The SMILES string of the molecule is CC(C)C(=O)OC1(C)C2=C(C=CCC2)c2cc3ccccc3cc21. The summed E-state index contributed by atoms with van der Waals surface area (Å²) in [6.45, 7) is 5.83. The fourth-order valence-corrected chi connectivity index (χ4v) is 3.87. The number of carbonyl (C=O) groups is 1. The van der Waals surface area contributed by atoms with E-state index in [1.165, 1.54) is 27.5 Å². The molecule has 0 aromatic heterocycles. The number of rotatable bonds is 2. The van der Waals surface area contributed by atoms with Crippen molar-refractivity contribution in [2.45, 2.75) is 39.2 Å². The second-order valence-electron chi connectivity index (χ2n) is 7.19. The van der Waals surface area contributed by atoms with Gasteiger partial charge in [0.25, 0.3) is 0 Å². The van der Waals surface area contributed by atoms with Gasteiger partial charge in [-0.05, 0) is 59.4 Å². The quantitative estimate of drug-likeness (QED) is 0.696. The van der Waals surface area contributed by atoms with Crippen LogP contribution in [0.4, 0.5) is 0 Å². The molecular weight excluding hydrogens is 296 g/mol. The highest BCUT2D eigenvalue weighted by Gasteiger charge is 2.44. The lowest BCUT2D eigenvalue weighted by atomic mass is 9.87. The summed E-state index contributed by atoms with van der Waals surface area (Å²) in [5.41, 5.74) is 4.15. The largest absolute Gasteiger partial charge is 0.450 e. The van der Waals surface area contributed by atoms with Gasteiger partial charge in [-0.15, -0.1) is 0 Å². The molecule has 0 fully saturated rings. The Hall–Kier alpha value is -2.35. The minimum Gasteiger partial charge on any atom is -0.450 e. The number of ether oxygens (including phenoxy) is 1. The average Bonchev–Trinajstić information content (AvgIpc) is 2.82. The van der Waals surface area contributed by atoms with E-state index < -0.39 is 5.60 Å². The molecule has 0 amide bonds. The van der Waals surface area contributed by atoms with E-state index >= 15 is 0 Å². The first-order chi connectivity index (χ1) is 11.5. The van der Waals surface area contributed by atoms with Crippen LogP contribution in [-0.2, 0) is 15.1 Å². The molecule has 24 heavy (non-hydrogen) atoms. The molecule has 122 valence electrons. The molecule has 0 radical (unpaired) electrons. The number of esters is 1. The lowest BCUT2D eigenvalue weighted by Gasteiger charge is -2.31. The van der Waals surface area contributed by atoms with E-state index in [1.807, 2.05) is 19.9 Å². The third-order valence-electron chi connectivity index (χ3n) is 5.21. The van der Waals surface area contributed by atoms with Gasteiger partial charge in [-0.3, -0.25) is 4.79 Å². The maximum absolute atomic E-state index is 12.4. The Morgan fingerprint density at radius 1 is 1.17 bits per heavy atom. The Morgan fingerprint density at radius 3 is 2.58 bits per heavy atom. The van der Waals surface area contributed by atoms with E-state index in [2.05, 4.69) is 49.4 Å². The topological polar surface area (TPSA) is 26.3 Å². The van der Waals surface area contributed by atoms with Gasteiger partial charge < -0.3 is 4.74 Å². The molecule has 0 aliphatic heterocycles. The Morgan fingerprint density at radius 2 is 1.88 bits per heavy atom. The van der Waals surface area contributed by atoms with Crippen LogP contribution in [0.1, 0.15) is 44.7 Å². The van der Waals surface area contributed by atoms with Crippen LogP contribution in [0.3, 0.4) is 0 Å². The molecule has 1 unspecified atom stereocenters. The normalized spacial score (nSPS) is 22.0. The molecular formula is C22H22O2. The standard InChI is InChI=1S/C22H22O2/c1-14(2)21(23)24-22(3)19-11-7-6-10-17(19)18-12-15-8-4-5-9-16(15)13-20(18)22/h4-6,8-10,12-14H,7,11H2,1-3H3. The first kappa shape index (κ1) is 15.2. The van der Waals surface area contributed by atoms with Crippen LogP contribution in [0.5, 0.6) is 0 Å². The number of hydrogen-bond acceptors (Lipinski definition) is 2. The number of allylic oxidation sites excluding steroid dienone is 3. The van der Waals surface area contributed by atoms with Crippen molar-refractivity contribution in [2.24, 2.45) is 5.92 Å². The van der Waals surface area contributed by atoms with E-state index in [1.54, 1.807) is 0 Å². The summed E-state index contributed by atoms with van der Waals surface area (Å²) >= 11 is 0. The van der Waals surface area contributed by atoms with Crippen molar-refractivity contribution < 1.29 is 9.53 Å². The fraction of sp³-hybridized carbons (Fsp3) is 0.318. The van der Waals surface area contributed by atoms with Gasteiger partial charge in [-0.25, -0.2) is 0 Å². The van der Waals surface area contributed by atoms with Crippen molar-refractivity contribution in [3.63, 3.8) is 0 Å². The van der Waals surface area contributed by atoms with E-state index in [9.17, 15) is 4.79 Å². The monoisotopic (exact) mass is 318 g/mol. The molecule has 2 aromatic carbocycles. The van der Waals surface area contributed by atoms with Gasteiger partial charge in [-0.2, -0.15) is 0 Å². The zero-order valence-corrected chi connectivity index (χ0v) is 14.4. The van der Waals surface area contributed by atoms with Gasteiger partial charge in [0.1, 0.15) is 0 Å². The molecule has 1 atom stereocenters. The summed E-state index contributed by atoms with van der Waals surface area (Å²) < 4.78 is 6.07. The van der Waals surface area contributed by atoms with Crippen molar-refractivity contribution in [1.82, 2.24) is 0 Å². The Labute approximate surface area is 142 Å². The van der Waals surface area contributed by atoms with Crippen molar-refractivity contribution in [3.05, 3.63) is 65.3 Å². The summed E-state index contributed by atoms with van der Waals surface area (Å²) in [5.74, 6) is -0.269. The molecule has 2 heteroatoms.